The molecule has 0 saturated carbocycles. The van der Waals surface area contributed by atoms with Crippen LogP contribution in [0.3, 0.4) is 0 Å². The van der Waals surface area contributed by atoms with Gasteiger partial charge >= 0.3 is 0 Å². The molecule has 1 amide bonds. The number of hydrogen-bond acceptors (Lipinski definition) is 2. The fraction of sp³-hybridized carbons (Fsp3) is 0.900. The molecular weight excluding hydrogens is 164 g/mol. The van der Waals surface area contributed by atoms with E-state index in [0.717, 1.165) is 25.9 Å². The van der Waals surface area contributed by atoms with Gasteiger partial charge < -0.3 is 10.2 Å². The highest BCUT2D eigenvalue weighted by Crippen LogP contribution is 2.12. The molecule has 1 heterocycles. The molecule has 76 valence electrons. The van der Waals surface area contributed by atoms with Gasteiger partial charge in [0, 0.05) is 25.6 Å². The molecule has 1 aliphatic rings. The Bertz CT molecular complexity index is 176. The predicted molar refractivity (Wildman–Crippen MR) is 53.5 cm³/mol. The summed E-state index contributed by atoms with van der Waals surface area (Å²) in [5.41, 5.74) is 0. The highest BCUT2D eigenvalue weighted by atomic mass is 16.2. The predicted octanol–water partition coefficient (Wildman–Crippen LogP) is 0.853. The summed E-state index contributed by atoms with van der Waals surface area (Å²) in [6.07, 6.45) is 2.03. The van der Waals surface area contributed by atoms with E-state index in [1.165, 1.54) is 0 Å². The number of nitrogens with one attached hydrogen (secondary N) is 1. The summed E-state index contributed by atoms with van der Waals surface area (Å²) in [7, 11) is 1.92. The minimum Gasteiger partial charge on any atom is -0.341 e. The van der Waals surface area contributed by atoms with Crippen LogP contribution in [0.5, 0.6) is 0 Å². The summed E-state index contributed by atoms with van der Waals surface area (Å²) >= 11 is 0. The average Bonchev–Trinajstić information content (AvgIpc) is 2.67. The number of carbonyl (C=O) groups is 1. The van der Waals surface area contributed by atoms with E-state index in [0.29, 0.717) is 6.04 Å². The van der Waals surface area contributed by atoms with Gasteiger partial charge in [-0.1, -0.05) is 13.8 Å². The minimum absolute atomic E-state index is 0.172. The Hall–Kier alpha value is -0.570. The first kappa shape index (κ1) is 10.5. The lowest BCUT2D eigenvalue weighted by Crippen LogP contribution is -2.41. The van der Waals surface area contributed by atoms with Gasteiger partial charge in [-0.2, -0.15) is 0 Å². The highest BCUT2D eigenvalue weighted by Gasteiger charge is 2.25. The van der Waals surface area contributed by atoms with Gasteiger partial charge in [0.2, 0.25) is 5.91 Å². The summed E-state index contributed by atoms with van der Waals surface area (Å²) in [5.74, 6) is 0.460. The maximum absolute atomic E-state index is 11.8. The smallest absolute Gasteiger partial charge is 0.225 e. The van der Waals surface area contributed by atoms with Gasteiger partial charge in [0.25, 0.3) is 0 Å². The van der Waals surface area contributed by atoms with E-state index < -0.39 is 0 Å². The Morgan fingerprint density at radius 1 is 1.69 bits per heavy atom. The van der Waals surface area contributed by atoms with Gasteiger partial charge in [-0.25, -0.2) is 0 Å². The van der Waals surface area contributed by atoms with E-state index in [1.807, 2.05) is 18.9 Å². The standard InChI is InChI=1S/C10H20N2O/c1-4-8(2)10(13)12(3)9-5-6-11-7-9/h8-9,11H,4-7H2,1-3H3. The fourth-order valence-corrected chi connectivity index (χ4v) is 1.67. The first-order valence-electron chi connectivity index (χ1n) is 5.14. The van der Waals surface area contributed by atoms with Crippen molar-refractivity contribution in [2.45, 2.75) is 32.7 Å². The third kappa shape index (κ3) is 2.44. The monoisotopic (exact) mass is 184 g/mol. The number of nitrogens with zero attached hydrogens (tertiary/aromatic N) is 1. The molecule has 0 aromatic carbocycles. The summed E-state index contributed by atoms with van der Waals surface area (Å²) in [6.45, 7) is 6.06. The molecule has 1 aliphatic heterocycles. The molecule has 0 bridgehead atoms. The number of hydrogen-bond donors (Lipinski definition) is 1. The van der Waals surface area contributed by atoms with Gasteiger partial charge in [-0.05, 0) is 19.4 Å². The molecule has 1 fully saturated rings. The summed E-state index contributed by atoms with van der Waals surface area (Å²) in [5, 5.41) is 3.27. The van der Waals surface area contributed by atoms with Crippen molar-refractivity contribution in [1.29, 1.82) is 0 Å². The summed E-state index contributed by atoms with van der Waals surface area (Å²) < 4.78 is 0. The second-order valence-electron chi connectivity index (χ2n) is 3.91. The molecule has 0 aliphatic carbocycles. The van der Waals surface area contributed by atoms with E-state index in [4.69, 9.17) is 0 Å². The number of amides is 1. The third-order valence-electron chi connectivity index (χ3n) is 2.96. The van der Waals surface area contributed by atoms with Crippen molar-refractivity contribution in [2.24, 2.45) is 5.92 Å². The topological polar surface area (TPSA) is 32.3 Å². The number of carbonyl (C=O) groups excluding carboxylic acids is 1. The van der Waals surface area contributed by atoms with Gasteiger partial charge in [0.15, 0.2) is 0 Å². The van der Waals surface area contributed by atoms with Crippen LogP contribution in [0.1, 0.15) is 26.7 Å². The van der Waals surface area contributed by atoms with Crippen molar-refractivity contribution in [3.05, 3.63) is 0 Å². The molecule has 13 heavy (non-hydrogen) atoms. The zero-order valence-electron chi connectivity index (χ0n) is 8.84. The largest absolute Gasteiger partial charge is 0.341 e. The number of likely N-dealkylation sites (N-methyl/N-ethyl adjacent to an activating group) is 1. The van der Waals surface area contributed by atoms with Crippen molar-refractivity contribution in [3.8, 4) is 0 Å². The molecule has 0 aromatic heterocycles. The molecule has 1 N–H and O–H groups in total. The molecular formula is C10H20N2O. The SMILES string of the molecule is CCC(C)C(=O)N(C)C1CCNC1. The zero-order chi connectivity index (χ0) is 9.84. The quantitative estimate of drug-likeness (QED) is 0.705. The van der Waals surface area contributed by atoms with Crippen LogP contribution in [0, 0.1) is 5.92 Å². The molecule has 0 spiro atoms. The van der Waals surface area contributed by atoms with Crippen molar-refractivity contribution in [2.75, 3.05) is 20.1 Å². The Morgan fingerprint density at radius 2 is 2.38 bits per heavy atom. The van der Waals surface area contributed by atoms with Crippen LogP contribution >= 0.6 is 0 Å². The first-order chi connectivity index (χ1) is 6.16. The van der Waals surface area contributed by atoms with Gasteiger partial charge in [-0.3, -0.25) is 4.79 Å². The molecule has 2 unspecified atom stereocenters. The lowest BCUT2D eigenvalue weighted by atomic mass is 10.1. The van der Waals surface area contributed by atoms with Gasteiger partial charge in [-0.15, -0.1) is 0 Å². The Balaban J connectivity index is 2.45. The molecule has 1 rings (SSSR count). The van der Waals surface area contributed by atoms with E-state index in [9.17, 15) is 4.79 Å². The summed E-state index contributed by atoms with van der Waals surface area (Å²) in [6, 6.07) is 0.418. The Kier molecular flexibility index (Phi) is 3.72. The van der Waals surface area contributed by atoms with E-state index in [1.54, 1.807) is 0 Å². The molecule has 2 atom stereocenters. The van der Waals surface area contributed by atoms with Crippen LogP contribution in [0.2, 0.25) is 0 Å². The fourth-order valence-electron chi connectivity index (χ4n) is 1.67. The molecule has 3 heteroatoms. The van der Waals surface area contributed by atoms with Crippen LogP contribution in [0.4, 0.5) is 0 Å². The molecule has 3 nitrogen and oxygen atoms in total. The highest BCUT2D eigenvalue weighted by molar-refractivity contribution is 5.78. The first-order valence-corrected chi connectivity index (χ1v) is 5.14. The zero-order valence-corrected chi connectivity index (χ0v) is 8.84. The van der Waals surface area contributed by atoms with Crippen LogP contribution in [0.15, 0.2) is 0 Å². The average molecular weight is 184 g/mol. The molecule has 0 aromatic rings. The van der Waals surface area contributed by atoms with E-state index in [2.05, 4.69) is 12.2 Å². The van der Waals surface area contributed by atoms with Crippen LogP contribution in [-0.4, -0.2) is 37.0 Å². The van der Waals surface area contributed by atoms with Crippen molar-refractivity contribution in [1.82, 2.24) is 10.2 Å². The lowest BCUT2D eigenvalue weighted by Gasteiger charge is -2.26. The minimum atomic E-state index is 0.172. The van der Waals surface area contributed by atoms with Crippen molar-refractivity contribution < 1.29 is 4.79 Å². The van der Waals surface area contributed by atoms with Crippen molar-refractivity contribution >= 4 is 5.91 Å². The van der Waals surface area contributed by atoms with E-state index in [-0.39, 0.29) is 11.8 Å². The van der Waals surface area contributed by atoms with E-state index >= 15 is 0 Å². The lowest BCUT2D eigenvalue weighted by molar-refractivity contribution is -0.135. The Labute approximate surface area is 80.5 Å². The maximum Gasteiger partial charge on any atom is 0.225 e. The second-order valence-corrected chi connectivity index (χ2v) is 3.91. The second kappa shape index (κ2) is 4.61. The van der Waals surface area contributed by atoms with Crippen LogP contribution in [0.25, 0.3) is 0 Å². The van der Waals surface area contributed by atoms with Gasteiger partial charge in [0.1, 0.15) is 0 Å². The van der Waals surface area contributed by atoms with Crippen molar-refractivity contribution in [3.63, 3.8) is 0 Å². The normalized spacial score (nSPS) is 24.4. The third-order valence-corrected chi connectivity index (χ3v) is 2.96. The van der Waals surface area contributed by atoms with Crippen LogP contribution < -0.4 is 5.32 Å². The molecule has 1 saturated heterocycles. The Morgan fingerprint density at radius 3 is 2.85 bits per heavy atom. The molecule has 0 radical (unpaired) electrons. The van der Waals surface area contributed by atoms with Gasteiger partial charge in [0.05, 0.1) is 0 Å². The number of rotatable bonds is 3. The van der Waals surface area contributed by atoms with Crippen LogP contribution in [-0.2, 0) is 4.79 Å². The maximum atomic E-state index is 11.8. The summed E-state index contributed by atoms with van der Waals surface area (Å²) in [4.78, 5) is 13.7.